The van der Waals surface area contributed by atoms with Crippen LogP contribution in [0.4, 0.5) is 5.95 Å². The van der Waals surface area contributed by atoms with E-state index >= 15 is 0 Å². The molecule has 0 bridgehead atoms. The van der Waals surface area contributed by atoms with E-state index in [0.29, 0.717) is 10.8 Å². The molecule has 0 aliphatic rings. The Bertz CT molecular complexity index is 510. The van der Waals surface area contributed by atoms with Crippen molar-refractivity contribution in [1.29, 1.82) is 0 Å². The number of aromatic nitrogens is 3. The molecule has 5 nitrogen and oxygen atoms in total. The lowest BCUT2D eigenvalue weighted by atomic mass is 10.2. The van der Waals surface area contributed by atoms with Gasteiger partial charge in [0.25, 0.3) is 0 Å². The third-order valence-electron chi connectivity index (χ3n) is 1.90. The first-order valence-corrected chi connectivity index (χ1v) is 5.46. The van der Waals surface area contributed by atoms with Crippen LogP contribution in [0.5, 0.6) is 0 Å². The second-order valence-corrected chi connectivity index (χ2v) is 4.45. The fourth-order valence-electron chi connectivity index (χ4n) is 1.14. The average Bonchev–Trinajstić information content (AvgIpc) is 2.53. The summed E-state index contributed by atoms with van der Waals surface area (Å²) in [6.07, 6.45) is 0. The molecule has 2 rings (SSSR count). The number of hydrogen-bond donors (Lipinski definition) is 2. The van der Waals surface area contributed by atoms with Crippen LogP contribution < -0.4 is 11.6 Å². The van der Waals surface area contributed by atoms with Crippen molar-refractivity contribution in [2.75, 3.05) is 11.6 Å². The van der Waals surface area contributed by atoms with E-state index in [1.54, 1.807) is 6.07 Å². The summed E-state index contributed by atoms with van der Waals surface area (Å²) in [7, 11) is 0. The maximum atomic E-state index is 5.99. The molecule has 7 heteroatoms. The van der Waals surface area contributed by atoms with E-state index in [4.69, 9.17) is 23.2 Å². The van der Waals surface area contributed by atoms with Gasteiger partial charge in [0.15, 0.2) is 5.82 Å². The van der Waals surface area contributed by atoms with Gasteiger partial charge in [-0.05, 0) is 40.8 Å². The lowest BCUT2D eigenvalue weighted by Crippen LogP contribution is -2.13. The van der Waals surface area contributed by atoms with E-state index in [-0.39, 0.29) is 5.95 Å². The van der Waals surface area contributed by atoms with Crippen molar-refractivity contribution in [2.45, 2.75) is 0 Å². The minimum atomic E-state index is 0.166. The molecule has 0 aliphatic carbocycles. The molecule has 0 amide bonds. The van der Waals surface area contributed by atoms with Gasteiger partial charge >= 0.3 is 0 Å². The Balaban J connectivity index is 2.55. The second-order valence-electron chi connectivity index (χ2n) is 2.88. The van der Waals surface area contributed by atoms with Gasteiger partial charge in [0.05, 0.1) is 5.02 Å². The predicted octanol–water partition coefficient (Wildman–Crippen LogP) is 1.50. The quantitative estimate of drug-likeness (QED) is 0.611. The Labute approximate surface area is 105 Å². The third kappa shape index (κ3) is 1.86. The van der Waals surface area contributed by atoms with Crippen molar-refractivity contribution in [3.8, 4) is 11.4 Å². The number of nitrogens with zero attached hydrogens (tertiary/aromatic N) is 3. The van der Waals surface area contributed by atoms with Gasteiger partial charge < -0.3 is 11.6 Å². The smallest absolute Gasteiger partial charge is 0.241 e. The molecule has 0 aliphatic heterocycles. The van der Waals surface area contributed by atoms with Gasteiger partial charge in [0, 0.05) is 9.13 Å². The maximum absolute atomic E-state index is 5.99. The van der Waals surface area contributed by atoms with Crippen LogP contribution in [0.3, 0.4) is 0 Å². The number of benzene rings is 1. The van der Waals surface area contributed by atoms with Crippen LogP contribution in [0.15, 0.2) is 18.2 Å². The van der Waals surface area contributed by atoms with Crippen LogP contribution in [-0.4, -0.2) is 14.9 Å². The van der Waals surface area contributed by atoms with Crippen molar-refractivity contribution in [1.82, 2.24) is 14.9 Å². The Hall–Kier alpha value is -1.02. The third-order valence-corrected chi connectivity index (χ3v) is 3.47. The van der Waals surface area contributed by atoms with Crippen LogP contribution in [0, 0.1) is 3.57 Å². The molecule has 1 aromatic heterocycles. The normalized spacial score (nSPS) is 10.5. The summed E-state index contributed by atoms with van der Waals surface area (Å²) in [6.45, 7) is 0. The van der Waals surface area contributed by atoms with E-state index in [2.05, 4.69) is 32.8 Å². The average molecular weight is 336 g/mol. The van der Waals surface area contributed by atoms with Gasteiger partial charge in [0.2, 0.25) is 5.95 Å². The molecule has 1 heterocycles. The molecular weight excluding hydrogens is 328 g/mol. The van der Waals surface area contributed by atoms with Gasteiger partial charge in [-0.1, -0.05) is 11.6 Å². The van der Waals surface area contributed by atoms with Crippen molar-refractivity contribution in [2.24, 2.45) is 0 Å². The molecule has 0 radical (unpaired) electrons. The van der Waals surface area contributed by atoms with Crippen molar-refractivity contribution < 1.29 is 0 Å². The Morgan fingerprint density at radius 2 is 2.07 bits per heavy atom. The summed E-state index contributed by atoms with van der Waals surface area (Å²) in [4.78, 5) is 0. The zero-order chi connectivity index (χ0) is 11.0. The summed E-state index contributed by atoms with van der Waals surface area (Å²) < 4.78 is 2.19. The zero-order valence-corrected chi connectivity index (χ0v) is 10.4. The summed E-state index contributed by atoms with van der Waals surface area (Å²) in [5, 5.41) is 8.17. The van der Waals surface area contributed by atoms with Crippen LogP contribution in [0.1, 0.15) is 0 Å². The zero-order valence-electron chi connectivity index (χ0n) is 7.48. The molecule has 0 unspecified atom stereocenters. The maximum Gasteiger partial charge on any atom is 0.241 e. The van der Waals surface area contributed by atoms with E-state index < -0.39 is 0 Å². The molecule has 15 heavy (non-hydrogen) atoms. The first kappa shape index (κ1) is 10.5. The molecule has 0 saturated heterocycles. The number of anilines is 1. The van der Waals surface area contributed by atoms with Gasteiger partial charge in [-0.2, -0.15) is 0 Å². The molecule has 0 saturated carbocycles. The largest absolute Gasteiger partial charge is 0.366 e. The van der Waals surface area contributed by atoms with Crippen LogP contribution >= 0.6 is 34.2 Å². The van der Waals surface area contributed by atoms with Gasteiger partial charge in [-0.25, -0.2) is 4.68 Å². The van der Waals surface area contributed by atoms with Gasteiger partial charge in [0.1, 0.15) is 0 Å². The fraction of sp³-hybridized carbons (Fsp3) is 0. The van der Waals surface area contributed by atoms with Crippen LogP contribution in [0.2, 0.25) is 5.02 Å². The second kappa shape index (κ2) is 3.86. The number of hydrogen-bond acceptors (Lipinski definition) is 4. The minimum absolute atomic E-state index is 0.166. The summed E-state index contributed by atoms with van der Waals surface area (Å²) >= 11 is 8.13. The van der Waals surface area contributed by atoms with Gasteiger partial charge in [-0.3, -0.25) is 0 Å². The number of halogens is 2. The molecule has 0 fully saturated rings. The minimum Gasteiger partial charge on any atom is -0.366 e. The Morgan fingerprint density at radius 3 is 2.60 bits per heavy atom. The molecule has 78 valence electrons. The molecule has 1 aromatic carbocycles. The van der Waals surface area contributed by atoms with Crippen LogP contribution in [0.25, 0.3) is 11.4 Å². The number of rotatable bonds is 1. The van der Waals surface area contributed by atoms with E-state index in [1.807, 2.05) is 12.1 Å². The number of nitrogen functional groups attached to an aromatic ring is 2. The summed E-state index contributed by atoms with van der Waals surface area (Å²) in [5.41, 5.74) is 6.26. The topological polar surface area (TPSA) is 82.8 Å². The fourth-order valence-corrected chi connectivity index (χ4v) is 1.65. The summed E-state index contributed by atoms with van der Waals surface area (Å²) in [6, 6.07) is 5.51. The van der Waals surface area contributed by atoms with Crippen LogP contribution in [-0.2, 0) is 0 Å². The van der Waals surface area contributed by atoms with Crippen molar-refractivity contribution in [3.63, 3.8) is 0 Å². The monoisotopic (exact) mass is 335 g/mol. The standard InChI is InChI=1S/C8H7ClIN5/c9-5-3-4(1-2-6(5)10)7-13-14-8(11)15(7)12/h1-3H,12H2,(H2,11,14). The summed E-state index contributed by atoms with van der Waals surface area (Å²) in [5.74, 6) is 6.30. The van der Waals surface area contributed by atoms with Crippen molar-refractivity contribution in [3.05, 3.63) is 26.8 Å². The molecule has 0 atom stereocenters. The lowest BCUT2D eigenvalue weighted by Gasteiger charge is -2.02. The molecule has 4 N–H and O–H groups in total. The van der Waals surface area contributed by atoms with Crippen molar-refractivity contribution >= 4 is 40.1 Å². The molecular formula is C8H7ClIN5. The van der Waals surface area contributed by atoms with E-state index in [1.165, 1.54) is 4.68 Å². The van der Waals surface area contributed by atoms with E-state index in [9.17, 15) is 0 Å². The Kier molecular flexibility index (Phi) is 2.70. The molecule has 0 spiro atoms. The highest BCUT2D eigenvalue weighted by molar-refractivity contribution is 14.1. The van der Waals surface area contributed by atoms with Gasteiger partial charge in [-0.15, -0.1) is 10.2 Å². The van der Waals surface area contributed by atoms with E-state index in [0.717, 1.165) is 9.13 Å². The highest BCUT2D eigenvalue weighted by Crippen LogP contribution is 2.25. The lowest BCUT2D eigenvalue weighted by molar-refractivity contribution is 1.02. The molecule has 2 aromatic rings. The highest BCUT2D eigenvalue weighted by atomic mass is 127. The first-order chi connectivity index (χ1) is 7.09. The predicted molar refractivity (Wildman–Crippen MR) is 67.7 cm³/mol. The first-order valence-electron chi connectivity index (χ1n) is 4.01. The SMILES string of the molecule is Nc1nnc(-c2ccc(I)c(Cl)c2)n1N. The highest BCUT2D eigenvalue weighted by Gasteiger charge is 2.10. The number of nitrogens with two attached hydrogens (primary N) is 2. The Morgan fingerprint density at radius 1 is 1.33 bits per heavy atom.